The highest BCUT2D eigenvalue weighted by Crippen LogP contribution is 2.42. The Morgan fingerprint density at radius 3 is 2.71 bits per heavy atom. The Labute approximate surface area is 216 Å². The summed E-state index contributed by atoms with van der Waals surface area (Å²) in [7, 11) is 0. The number of nitrogen functional groups attached to an aromatic ring is 1. The van der Waals surface area contributed by atoms with Crippen molar-refractivity contribution in [1.82, 2.24) is 19.4 Å². The molecule has 2 aliphatic heterocycles. The standard InChI is InChI=1S/C24H28BrN5O4S/c1-14(31)23(32)29-7-3-15(4-8-29)5-9-30-17-2-6-27-22(26)21(17)28-24(30)35-20-13-19-18(12-16(20)25)33-10-11-34-19/h2,6,12-15,31H,3-5,7-11H2,1H3,(H2,26,27)/t14-/m0/s1. The summed E-state index contributed by atoms with van der Waals surface area (Å²) in [6, 6.07) is 5.86. The molecule has 3 N–H and O–H groups in total. The molecular formula is C24H28BrN5O4S. The number of carbonyl (C=O) groups excluding carboxylic acids is 1. The largest absolute Gasteiger partial charge is 0.486 e. The summed E-state index contributed by atoms with van der Waals surface area (Å²) in [6.07, 6.45) is 3.57. The van der Waals surface area contributed by atoms with E-state index in [1.807, 2.05) is 18.2 Å². The van der Waals surface area contributed by atoms with Crippen molar-refractivity contribution in [3.8, 4) is 11.5 Å². The highest BCUT2D eigenvalue weighted by molar-refractivity contribution is 9.10. The van der Waals surface area contributed by atoms with Gasteiger partial charge in [-0.2, -0.15) is 0 Å². The lowest BCUT2D eigenvalue weighted by atomic mass is 9.93. The van der Waals surface area contributed by atoms with Gasteiger partial charge in [-0.25, -0.2) is 9.97 Å². The SMILES string of the molecule is C[C@H](O)C(=O)N1CCC(CCn2c(Sc3cc4c(cc3Br)OCCO4)nc3c(N)nccc32)CC1. The van der Waals surface area contributed by atoms with Gasteiger partial charge in [0.25, 0.3) is 5.91 Å². The number of likely N-dealkylation sites (tertiary alicyclic amines) is 1. The zero-order valence-electron chi connectivity index (χ0n) is 19.4. The number of aliphatic hydroxyl groups is 1. The first-order valence-corrected chi connectivity index (χ1v) is 13.4. The summed E-state index contributed by atoms with van der Waals surface area (Å²) in [4.78, 5) is 23.9. The molecule has 0 radical (unpaired) electrons. The Morgan fingerprint density at radius 2 is 2.00 bits per heavy atom. The molecule has 5 rings (SSSR count). The Morgan fingerprint density at radius 1 is 1.29 bits per heavy atom. The summed E-state index contributed by atoms with van der Waals surface area (Å²) in [5.74, 6) is 2.17. The molecule has 11 heteroatoms. The number of nitrogens with zero attached hydrogens (tertiary/aromatic N) is 4. The zero-order valence-corrected chi connectivity index (χ0v) is 21.8. The molecule has 1 amide bonds. The van der Waals surface area contributed by atoms with E-state index in [4.69, 9.17) is 20.2 Å². The van der Waals surface area contributed by atoms with E-state index in [1.165, 1.54) is 6.92 Å². The predicted octanol–water partition coefficient (Wildman–Crippen LogP) is 3.71. The lowest BCUT2D eigenvalue weighted by Gasteiger charge is -2.33. The van der Waals surface area contributed by atoms with Crippen molar-refractivity contribution in [3.05, 3.63) is 28.9 Å². The minimum absolute atomic E-state index is 0.185. The maximum atomic E-state index is 12.1. The first-order valence-electron chi connectivity index (χ1n) is 11.7. The third-order valence-corrected chi connectivity index (χ3v) is 8.47. The van der Waals surface area contributed by atoms with Crippen LogP contribution in [-0.2, 0) is 11.3 Å². The fourth-order valence-electron chi connectivity index (χ4n) is 4.58. The number of piperidine rings is 1. The first-order chi connectivity index (χ1) is 16.9. The molecule has 1 atom stereocenters. The van der Waals surface area contributed by atoms with Crippen molar-refractivity contribution in [2.75, 3.05) is 32.0 Å². The van der Waals surface area contributed by atoms with Crippen LogP contribution in [0.15, 0.2) is 38.9 Å². The Bertz CT molecular complexity index is 1240. The number of benzene rings is 1. The number of halogens is 1. The van der Waals surface area contributed by atoms with Gasteiger partial charge in [0.15, 0.2) is 22.5 Å². The van der Waals surface area contributed by atoms with Gasteiger partial charge in [0.2, 0.25) is 0 Å². The van der Waals surface area contributed by atoms with Crippen LogP contribution in [0.4, 0.5) is 5.82 Å². The number of amides is 1. The lowest BCUT2D eigenvalue weighted by molar-refractivity contribution is -0.140. The number of carbonyl (C=O) groups is 1. The van der Waals surface area contributed by atoms with Gasteiger partial charge < -0.3 is 29.8 Å². The molecule has 0 aliphatic carbocycles. The highest BCUT2D eigenvalue weighted by atomic mass is 79.9. The quantitative estimate of drug-likeness (QED) is 0.468. The topological polar surface area (TPSA) is 116 Å². The van der Waals surface area contributed by atoms with Gasteiger partial charge in [-0.1, -0.05) is 11.8 Å². The van der Waals surface area contributed by atoms with Crippen LogP contribution in [0, 0.1) is 5.92 Å². The van der Waals surface area contributed by atoms with Crippen molar-refractivity contribution >= 4 is 50.5 Å². The van der Waals surface area contributed by atoms with E-state index < -0.39 is 6.10 Å². The van der Waals surface area contributed by atoms with Gasteiger partial charge in [-0.3, -0.25) is 4.79 Å². The van der Waals surface area contributed by atoms with Crippen LogP contribution in [0.2, 0.25) is 0 Å². The second-order valence-electron chi connectivity index (χ2n) is 8.87. The lowest BCUT2D eigenvalue weighted by Crippen LogP contribution is -2.43. The van der Waals surface area contributed by atoms with Gasteiger partial charge in [0, 0.05) is 35.2 Å². The Balaban J connectivity index is 1.36. The average Bonchev–Trinajstić information content (AvgIpc) is 3.21. The number of aliphatic hydroxyl groups excluding tert-OH is 1. The molecule has 3 aromatic rings. The number of aromatic nitrogens is 3. The summed E-state index contributed by atoms with van der Waals surface area (Å²) in [5.41, 5.74) is 7.81. The smallest absolute Gasteiger partial charge is 0.251 e. The van der Waals surface area contributed by atoms with Gasteiger partial charge in [0.1, 0.15) is 24.8 Å². The minimum atomic E-state index is -0.942. The summed E-state index contributed by atoms with van der Waals surface area (Å²) in [5, 5.41) is 10.4. The van der Waals surface area contributed by atoms with E-state index in [2.05, 4.69) is 25.5 Å². The number of imidazole rings is 1. The Kier molecular flexibility index (Phi) is 7.08. The van der Waals surface area contributed by atoms with Crippen LogP contribution in [-0.4, -0.2) is 62.9 Å². The molecular weight excluding hydrogens is 534 g/mol. The van der Waals surface area contributed by atoms with Crippen molar-refractivity contribution in [3.63, 3.8) is 0 Å². The molecule has 0 spiro atoms. The fourth-order valence-corrected chi connectivity index (χ4v) is 6.11. The number of nitrogens with two attached hydrogens (primary N) is 1. The van der Waals surface area contributed by atoms with Crippen molar-refractivity contribution < 1.29 is 19.4 Å². The highest BCUT2D eigenvalue weighted by Gasteiger charge is 2.26. The summed E-state index contributed by atoms with van der Waals surface area (Å²) in [6.45, 7) is 4.74. The zero-order chi connectivity index (χ0) is 24.5. The van der Waals surface area contributed by atoms with E-state index in [-0.39, 0.29) is 5.91 Å². The predicted molar refractivity (Wildman–Crippen MR) is 137 cm³/mol. The van der Waals surface area contributed by atoms with Gasteiger partial charge in [-0.15, -0.1) is 0 Å². The second-order valence-corrected chi connectivity index (χ2v) is 10.7. The molecule has 1 fully saturated rings. The number of anilines is 1. The number of hydrogen-bond acceptors (Lipinski definition) is 8. The van der Waals surface area contributed by atoms with Crippen LogP contribution in [0.1, 0.15) is 26.2 Å². The third kappa shape index (κ3) is 5.07. The summed E-state index contributed by atoms with van der Waals surface area (Å²) < 4.78 is 14.6. The van der Waals surface area contributed by atoms with Crippen LogP contribution in [0.25, 0.3) is 11.0 Å². The number of fused-ring (bicyclic) bond motifs is 2. The molecule has 4 heterocycles. The second kappa shape index (κ2) is 10.2. The molecule has 186 valence electrons. The van der Waals surface area contributed by atoms with E-state index in [9.17, 15) is 9.90 Å². The van der Waals surface area contributed by atoms with E-state index in [0.29, 0.717) is 43.6 Å². The Hall–Kier alpha value is -2.50. The minimum Gasteiger partial charge on any atom is -0.486 e. The average molecular weight is 562 g/mol. The van der Waals surface area contributed by atoms with Gasteiger partial charge in [-0.05, 0) is 66.2 Å². The molecule has 35 heavy (non-hydrogen) atoms. The monoisotopic (exact) mass is 561 g/mol. The normalized spacial score (nSPS) is 17.1. The molecule has 0 bridgehead atoms. The van der Waals surface area contributed by atoms with Crippen molar-refractivity contribution in [2.24, 2.45) is 5.92 Å². The molecule has 0 unspecified atom stereocenters. The van der Waals surface area contributed by atoms with Crippen molar-refractivity contribution in [1.29, 1.82) is 0 Å². The molecule has 1 saturated heterocycles. The molecule has 2 aromatic heterocycles. The molecule has 2 aliphatic rings. The fraction of sp³-hybridized carbons (Fsp3) is 0.458. The molecule has 1 aromatic carbocycles. The number of hydrogen-bond donors (Lipinski definition) is 2. The van der Waals surface area contributed by atoms with Crippen LogP contribution in [0.3, 0.4) is 0 Å². The van der Waals surface area contributed by atoms with E-state index >= 15 is 0 Å². The van der Waals surface area contributed by atoms with Crippen LogP contribution >= 0.6 is 27.7 Å². The van der Waals surface area contributed by atoms with Crippen LogP contribution in [0.5, 0.6) is 11.5 Å². The van der Waals surface area contributed by atoms with Crippen molar-refractivity contribution in [2.45, 2.75) is 48.9 Å². The number of rotatable bonds is 6. The maximum Gasteiger partial charge on any atom is 0.251 e. The molecule has 0 saturated carbocycles. The van der Waals surface area contributed by atoms with E-state index in [0.717, 1.165) is 57.3 Å². The summed E-state index contributed by atoms with van der Waals surface area (Å²) >= 11 is 5.21. The number of pyridine rings is 1. The number of aryl methyl sites for hydroxylation is 1. The number of ether oxygens (including phenoxy) is 2. The third-order valence-electron chi connectivity index (χ3n) is 6.50. The van der Waals surface area contributed by atoms with Crippen LogP contribution < -0.4 is 15.2 Å². The maximum absolute atomic E-state index is 12.1. The first kappa shape index (κ1) is 24.2. The van der Waals surface area contributed by atoms with Gasteiger partial charge >= 0.3 is 0 Å². The molecule has 9 nitrogen and oxygen atoms in total. The van der Waals surface area contributed by atoms with E-state index in [1.54, 1.807) is 22.9 Å². The van der Waals surface area contributed by atoms with Gasteiger partial charge in [0.05, 0.1) is 5.52 Å².